The maximum Gasteiger partial charge on any atom is 0.254 e. The van der Waals surface area contributed by atoms with Gasteiger partial charge in [-0.3, -0.25) is 4.79 Å². The van der Waals surface area contributed by atoms with Crippen LogP contribution in [0.15, 0.2) is 30.3 Å². The summed E-state index contributed by atoms with van der Waals surface area (Å²) in [7, 11) is 0. The summed E-state index contributed by atoms with van der Waals surface area (Å²) in [5, 5.41) is 9.10. The van der Waals surface area contributed by atoms with Gasteiger partial charge >= 0.3 is 0 Å². The largest absolute Gasteiger partial charge is 0.395 e. The highest BCUT2D eigenvalue weighted by Gasteiger charge is 2.26. The fourth-order valence-corrected chi connectivity index (χ4v) is 2.52. The van der Waals surface area contributed by atoms with Crippen LogP contribution < -0.4 is 0 Å². The predicted octanol–water partition coefficient (Wildman–Crippen LogP) is 2.06. The van der Waals surface area contributed by atoms with Crippen LogP contribution in [-0.4, -0.2) is 35.1 Å². The second kappa shape index (κ2) is 5.82. The molecule has 1 aromatic rings. The molecule has 1 saturated carbocycles. The molecule has 0 radical (unpaired) electrons. The normalized spacial score (nSPS) is 16.1. The number of aliphatic hydroxyl groups excluding tert-OH is 1. The lowest BCUT2D eigenvalue weighted by Gasteiger charge is -2.28. The number of nitrogens with zero attached hydrogens (tertiary/aromatic N) is 1. The molecule has 1 aliphatic rings. The summed E-state index contributed by atoms with van der Waals surface area (Å²) < 4.78 is 0. The van der Waals surface area contributed by atoms with Crippen LogP contribution in [0.3, 0.4) is 0 Å². The van der Waals surface area contributed by atoms with Crippen molar-refractivity contribution in [3.63, 3.8) is 0 Å². The zero-order chi connectivity index (χ0) is 12.1. The average Bonchev–Trinajstić information content (AvgIpc) is 2.90. The number of carbonyl (C=O) groups is 1. The minimum absolute atomic E-state index is 0.0368. The highest BCUT2D eigenvalue weighted by atomic mass is 16.3. The Labute approximate surface area is 102 Å². The van der Waals surface area contributed by atoms with E-state index in [-0.39, 0.29) is 12.5 Å². The first kappa shape index (κ1) is 12.1. The second-order valence-electron chi connectivity index (χ2n) is 4.53. The number of amides is 1. The molecule has 0 saturated heterocycles. The quantitative estimate of drug-likeness (QED) is 0.864. The van der Waals surface area contributed by atoms with Crippen molar-refractivity contribution in [2.45, 2.75) is 31.7 Å². The SMILES string of the molecule is O=C(c1ccccc1)N(CCO)C1CCCC1. The summed E-state index contributed by atoms with van der Waals surface area (Å²) in [5.41, 5.74) is 0.716. The Bertz CT molecular complexity index is 358. The van der Waals surface area contributed by atoms with E-state index in [0.29, 0.717) is 18.2 Å². The van der Waals surface area contributed by atoms with Gasteiger partial charge in [-0.2, -0.15) is 0 Å². The lowest BCUT2D eigenvalue weighted by atomic mass is 10.1. The highest BCUT2D eigenvalue weighted by molar-refractivity contribution is 5.94. The van der Waals surface area contributed by atoms with Gasteiger partial charge in [0.2, 0.25) is 0 Å². The van der Waals surface area contributed by atoms with Crippen LogP contribution in [0, 0.1) is 0 Å². The summed E-state index contributed by atoms with van der Waals surface area (Å²) in [6, 6.07) is 9.64. The van der Waals surface area contributed by atoms with Gasteiger partial charge in [-0.15, -0.1) is 0 Å². The minimum atomic E-state index is 0.0368. The van der Waals surface area contributed by atoms with E-state index in [2.05, 4.69) is 0 Å². The van der Waals surface area contributed by atoms with E-state index in [1.807, 2.05) is 35.2 Å². The first-order valence-electron chi connectivity index (χ1n) is 6.30. The minimum Gasteiger partial charge on any atom is -0.395 e. The molecule has 3 heteroatoms. The summed E-state index contributed by atoms with van der Waals surface area (Å²) in [6.45, 7) is 0.480. The van der Waals surface area contributed by atoms with Gasteiger partial charge in [0.05, 0.1) is 6.61 Å². The number of carbonyl (C=O) groups excluding carboxylic acids is 1. The molecule has 3 nitrogen and oxygen atoms in total. The summed E-state index contributed by atoms with van der Waals surface area (Å²) in [6.07, 6.45) is 4.51. The van der Waals surface area contributed by atoms with Crippen LogP contribution in [0.5, 0.6) is 0 Å². The van der Waals surface area contributed by atoms with Crippen LogP contribution in [-0.2, 0) is 0 Å². The first-order valence-corrected chi connectivity index (χ1v) is 6.30. The van der Waals surface area contributed by atoms with Crippen LogP contribution >= 0.6 is 0 Å². The monoisotopic (exact) mass is 233 g/mol. The molecule has 0 aromatic heterocycles. The van der Waals surface area contributed by atoms with Gasteiger partial charge in [-0.1, -0.05) is 31.0 Å². The van der Waals surface area contributed by atoms with Crippen molar-refractivity contribution in [2.75, 3.05) is 13.2 Å². The smallest absolute Gasteiger partial charge is 0.254 e. The van der Waals surface area contributed by atoms with E-state index in [0.717, 1.165) is 12.8 Å². The third-order valence-corrected chi connectivity index (χ3v) is 3.39. The van der Waals surface area contributed by atoms with Crippen molar-refractivity contribution in [1.82, 2.24) is 4.90 Å². The van der Waals surface area contributed by atoms with E-state index < -0.39 is 0 Å². The second-order valence-corrected chi connectivity index (χ2v) is 4.53. The molecule has 92 valence electrons. The molecule has 1 amide bonds. The fourth-order valence-electron chi connectivity index (χ4n) is 2.52. The molecule has 17 heavy (non-hydrogen) atoms. The van der Waals surface area contributed by atoms with Crippen LogP contribution in [0.25, 0.3) is 0 Å². The molecule has 1 aromatic carbocycles. The number of aliphatic hydroxyl groups is 1. The van der Waals surface area contributed by atoms with Crippen molar-refractivity contribution >= 4 is 5.91 Å². The van der Waals surface area contributed by atoms with E-state index >= 15 is 0 Å². The van der Waals surface area contributed by atoms with Gasteiger partial charge in [0.1, 0.15) is 0 Å². The third-order valence-electron chi connectivity index (χ3n) is 3.39. The number of benzene rings is 1. The lowest BCUT2D eigenvalue weighted by Crippen LogP contribution is -2.40. The maximum absolute atomic E-state index is 12.3. The summed E-state index contributed by atoms with van der Waals surface area (Å²) in [4.78, 5) is 14.2. The Morgan fingerprint density at radius 1 is 1.24 bits per heavy atom. The predicted molar refractivity (Wildman–Crippen MR) is 66.8 cm³/mol. The van der Waals surface area contributed by atoms with Gasteiger partial charge in [0.25, 0.3) is 5.91 Å². The third kappa shape index (κ3) is 2.86. The van der Waals surface area contributed by atoms with Gasteiger partial charge in [-0.25, -0.2) is 0 Å². The topological polar surface area (TPSA) is 40.5 Å². The van der Waals surface area contributed by atoms with Crippen molar-refractivity contribution < 1.29 is 9.90 Å². The van der Waals surface area contributed by atoms with E-state index in [9.17, 15) is 4.79 Å². The molecule has 0 unspecified atom stereocenters. The summed E-state index contributed by atoms with van der Waals surface area (Å²) in [5.74, 6) is 0.0477. The maximum atomic E-state index is 12.3. The first-order chi connectivity index (χ1) is 8.33. The molecule has 1 N–H and O–H groups in total. The highest BCUT2D eigenvalue weighted by Crippen LogP contribution is 2.24. The van der Waals surface area contributed by atoms with Crippen LogP contribution in [0.2, 0.25) is 0 Å². The van der Waals surface area contributed by atoms with Gasteiger partial charge in [-0.05, 0) is 25.0 Å². The Hall–Kier alpha value is -1.35. The van der Waals surface area contributed by atoms with Crippen LogP contribution in [0.1, 0.15) is 36.0 Å². The van der Waals surface area contributed by atoms with Crippen molar-refractivity contribution in [3.05, 3.63) is 35.9 Å². The lowest BCUT2D eigenvalue weighted by molar-refractivity contribution is 0.0638. The molecule has 2 rings (SSSR count). The molecule has 0 atom stereocenters. The number of rotatable bonds is 4. The molecule has 0 spiro atoms. The van der Waals surface area contributed by atoms with Gasteiger partial charge < -0.3 is 10.0 Å². The zero-order valence-corrected chi connectivity index (χ0v) is 10.0. The Balaban J connectivity index is 2.12. The molecular weight excluding hydrogens is 214 g/mol. The van der Waals surface area contributed by atoms with Gasteiger partial charge in [0.15, 0.2) is 0 Å². The van der Waals surface area contributed by atoms with Crippen molar-refractivity contribution in [3.8, 4) is 0 Å². The van der Waals surface area contributed by atoms with E-state index in [1.54, 1.807) is 0 Å². The fraction of sp³-hybridized carbons (Fsp3) is 0.500. The number of hydrogen-bond donors (Lipinski definition) is 1. The molecular formula is C14H19NO2. The zero-order valence-electron chi connectivity index (χ0n) is 10.0. The number of hydrogen-bond acceptors (Lipinski definition) is 2. The Morgan fingerprint density at radius 3 is 2.47 bits per heavy atom. The van der Waals surface area contributed by atoms with Crippen LogP contribution in [0.4, 0.5) is 0 Å². The van der Waals surface area contributed by atoms with Crippen molar-refractivity contribution in [2.24, 2.45) is 0 Å². The van der Waals surface area contributed by atoms with Gasteiger partial charge in [0, 0.05) is 18.2 Å². The Kier molecular flexibility index (Phi) is 4.15. The Morgan fingerprint density at radius 2 is 1.88 bits per heavy atom. The molecule has 1 fully saturated rings. The summed E-state index contributed by atoms with van der Waals surface area (Å²) >= 11 is 0. The van der Waals surface area contributed by atoms with Crippen molar-refractivity contribution in [1.29, 1.82) is 0 Å². The van der Waals surface area contributed by atoms with E-state index in [1.165, 1.54) is 12.8 Å². The standard InChI is InChI=1S/C14H19NO2/c16-11-10-15(13-8-4-5-9-13)14(17)12-6-2-1-3-7-12/h1-3,6-7,13,16H,4-5,8-11H2. The van der Waals surface area contributed by atoms with E-state index in [4.69, 9.17) is 5.11 Å². The average molecular weight is 233 g/mol. The molecule has 0 aliphatic heterocycles. The molecule has 1 aliphatic carbocycles. The molecule has 0 heterocycles. The molecule has 0 bridgehead atoms.